The zero-order valence-electron chi connectivity index (χ0n) is 15.4. The highest BCUT2D eigenvalue weighted by atomic mass is 16.5. The highest BCUT2D eigenvalue weighted by Crippen LogP contribution is 2.34. The van der Waals surface area contributed by atoms with E-state index in [0.29, 0.717) is 17.1 Å². The Hall–Kier alpha value is -2.24. The van der Waals surface area contributed by atoms with Gasteiger partial charge in [0.1, 0.15) is 0 Å². The van der Waals surface area contributed by atoms with E-state index >= 15 is 0 Å². The van der Waals surface area contributed by atoms with E-state index in [1.54, 1.807) is 37.1 Å². The smallest absolute Gasteiger partial charge is 0.308 e. The van der Waals surface area contributed by atoms with Gasteiger partial charge in [-0.1, -0.05) is 6.92 Å². The van der Waals surface area contributed by atoms with E-state index in [4.69, 9.17) is 9.47 Å². The molecule has 2 fully saturated rings. The zero-order valence-corrected chi connectivity index (χ0v) is 15.4. The number of carboxylic acid groups (broad SMARTS) is 1. The molecule has 0 aliphatic heterocycles. The number of rotatable bonds is 8. The van der Waals surface area contributed by atoms with Gasteiger partial charge in [0.25, 0.3) is 5.91 Å². The Morgan fingerprint density at radius 2 is 1.88 bits per heavy atom. The molecule has 1 aromatic carbocycles. The van der Waals surface area contributed by atoms with Crippen molar-refractivity contribution in [3.8, 4) is 11.5 Å². The lowest BCUT2D eigenvalue weighted by Crippen LogP contribution is -2.38. The number of carbonyl (C=O) groups excluding carboxylic acids is 1. The predicted octanol–water partition coefficient (Wildman–Crippen LogP) is 3.34. The molecular formula is C20H27NO5. The third-order valence-corrected chi connectivity index (χ3v) is 5.15. The van der Waals surface area contributed by atoms with E-state index in [9.17, 15) is 14.7 Å². The molecule has 26 heavy (non-hydrogen) atoms. The van der Waals surface area contributed by atoms with Gasteiger partial charge in [-0.05, 0) is 56.7 Å². The number of ether oxygens (including phenoxy) is 2. The van der Waals surface area contributed by atoms with Crippen LogP contribution in [0.5, 0.6) is 11.5 Å². The summed E-state index contributed by atoms with van der Waals surface area (Å²) in [5, 5.41) is 9.18. The van der Waals surface area contributed by atoms with E-state index in [1.165, 1.54) is 0 Å². The summed E-state index contributed by atoms with van der Waals surface area (Å²) < 4.78 is 11.5. The van der Waals surface area contributed by atoms with Crippen LogP contribution >= 0.6 is 0 Å². The maximum absolute atomic E-state index is 13.0. The highest BCUT2D eigenvalue weighted by molar-refractivity contribution is 5.95. The molecular weight excluding hydrogens is 334 g/mol. The van der Waals surface area contributed by atoms with Gasteiger partial charge in [0.2, 0.25) is 0 Å². The van der Waals surface area contributed by atoms with Crippen molar-refractivity contribution in [2.45, 2.75) is 57.6 Å². The van der Waals surface area contributed by atoms with Crippen LogP contribution in [-0.4, -0.2) is 47.7 Å². The Labute approximate surface area is 154 Å². The van der Waals surface area contributed by atoms with Gasteiger partial charge in [-0.15, -0.1) is 0 Å². The second-order valence-electron chi connectivity index (χ2n) is 7.32. The summed E-state index contributed by atoms with van der Waals surface area (Å²) in [5.41, 5.74) is 0.517. The molecule has 1 unspecified atom stereocenters. The van der Waals surface area contributed by atoms with Crippen molar-refractivity contribution < 1.29 is 24.2 Å². The summed E-state index contributed by atoms with van der Waals surface area (Å²) in [6, 6.07) is 5.36. The fourth-order valence-corrected chi connectivity index (χ4v) is 3.41. The molecule has 0 bridgehead atoms. The topological polar surface area (TPSA) is 76.1 Å². The van der Waals surface area contributed by atoms with E-state index in [-0.39, 0.29) is 24.6 Å². The third-order valence-electron chi connectivity index (χ3n) is 5.15. The number of hydrogen-bond donors (Lipinski definition) is 1. The van der Waals surface area contributed by atoms with Crippen LogP contribution in [0.15, 0.2) is 18.2 Å². The summed E-state index contributed by atoms with van der Waals surface area (Å²) in [6.07, 6.45) is 6.39. The van der Waals surface area contributed by atoms with Gasteiger partial charge < -0.3 is 19.5 Å². The van der Waals surface area contributed by atoms with Crippen molar-refractivity contribution in [2.75, 3.05) is 13.7 Å². The van der Waals surface area contributed by atoms with E-state index in [2.05, 4.69) is 0 Å². The van der Waals surface area contributed by atoms with Crippen LogP contribution in [0.4, 0.5) is 0 Å². The van der Waals surface area contributed by atoms with Crippen molar-refractivity contribution in [3.63, 3.8) is 0 Å². The lowest BCUT2D eigenvalue weighted by atomic mass is 10.1. The number of methoxy groups -OCH3 is 1. The number of aliphatic carboxylic acids is 1. The van der Waals surface area contributed by atoms with Crippen molar-refractivity contribution in [2.24, 2.45) is 5.92 Å². The van der Waals surface area contributed by atoms with Crippen molar-refractivity contribution >= 4 is 11.9 Å². The first-order valence-corrected chi connectivity index (χ1v) is 9.38. The molecule has 0 radical (unpaired) electrons. The minimum atomic E-state index is -0.886. The summed E-state index contributed by atoms with van der Waals surface area (Å²) in [6.45, 7) is 1.86. The molecule has 2 aliphatic carbocycles. The Bertz CT molecular complexity index is 664. The van der Waals surface area contributed by atoms with Crippen molar-refractivity contribution in [3.05, 3.63) is 23.8 Å². The van der Waals surface area contributed by atoms with Gasteiger partial charge in [0.05, 0.1) is 19.1 Å². The Kier molecular flexibility index (Phi) is 5.69. The number of hydrogen-bond acceptors (Lipinski definition) is 4. The SMILES string of the molecule is COc1ccc(C(=O)N(CC(C)C(=O)O)C2CC2)cc1OC1CCCC1. The standard InChI is InChI=1S/C20H27NO5/c1-13(20(23)24)12-21(15-8-9-15)19(22)14-7-10-17(25-2)18(11-14)26-16-5-3-4-6-16/h7,10-11,13,15-16H,3-6,8-9,12H2,1-2H3,(H,23,24). The summed E-state index contributed by atoms with van der Waals surface area (Å²) >= 11 is 0. The van der Waals surface area contributed by atoms with Gasteiger partial charge in [-0.2, -0.15) is 0 Å². The molecule has 0 saturated heterocycles. The largest absolute Gasteiger partial charge is 0.493 e. The minimum absolute atomic E-state index is 0.139. The first-order valence-electron chi connectivity index (χ1n) is 9.38. The van der Waals surface area contributed by atoms with E-state index in [1.807, 2.05) is 0 Å². The molecule has 0 aromatic heterocycles. The van der Waals surface area contributed by atoms with Gasteiger partial charge in [-0.3, -0.25) is 9.59 Å². The van der Waals surface area contributed by atoms with E-state index < -0.39 is 11.9 Å². The zero-order chi connectivity index (χ0) is 18.7. The maximum atomic E-state index is 13.0. The summed E-state index contributed by atoms with van der Waals surface area (Å²) in [4.78, 5) is 25.9. The quantitative estimate of drug-likeness (QED) is 0.768. The molecule has 3 rings (SSSR count). The van der Waals surface area contributed by atoms with Crippen LogP contribution in [-0.2, 0) is 4.79 Å². The maximum Gasteiger partial charge on any atom is 0.308 e. The third kappa shape index (κ3) is 4.29. The molecule has 1 atom stereocenters. The molecule has 0 heterocycles. The fraction of sp³-hybridized carbons (Fsp3) is 0.600. The Balaban J connectivity index is 1.79. The van der Waals surface area contributed by atoms with Crippen LogP contribution in [0.3, 0.4) is 0 Å². The van der Waals surface area contributed by atoms with Gasteiger partial charge in [0.15, 0.2) is 11.5 Å². The molecule has 2 aliphatic rings. The number of carboxylic acids is 1. The molecule has 1 aromatic rings. The molecule has 142 valence electrons. The normalized spacial score (nSPS) is 18.4. The molecule has 6 heteroatoms. The first-order chi connectivity index (χ1) is 12.5. The molecule has 1 N–H and O–H groups in total. The van der Waals surface area contributed by atoms with Gasteiger partial charge in [0, 0.05) is 18.2 Å². The van der Waals surface area contributed by atoms with Gasteiger partial charge in [-0.25, -0.2) is 0 Å². The van der Waals surface area contributed by atoms with Crippen LogP contribution in [0.2, 0.25) is 0 Å². The Morgan fingerprint density at radius 3 is 2.46 bits per heavy atom. The lowest BCUT2D eigenvalue weighted by molar-refractivity contribution is -0.141. The second kappa shape index (κ2) is 7.98. The minimum Gasteiger partial charge on any atom is -0.493 e. The van der Waals surface area contributed by atoms with Gasteiger partial charge >= 0.3 is 5.97 Å². The molecule has 6 nitrogen and oxygen atoms in total. The van der Waals surface area contributed by atoms with Crippen LogP contribution in [0, 0.1) is 5.92 Å². The van der Waals surface area contributed by atoms with Crippen LogP contribution in [0.1, 0.15) is 55.8 Å². The highest BCUT2D eigenvalue weighted by Gasteiger charge is 2.35. The van der Waals surface area contributed by atoms with Crippen molar-refractivity contribution in [1.82, 2.24) is 4.90 Å². The molecule has 0 spiro atoms. The molecule has 2 saturated carbocycles. The number of benzene rings is 1. The van der Waals surface area contributed by atoms with E-state index in [0.717, 1.165) is 38.5 Å². The Morgan fingerprint density at radius 1 is 1.19 bits per heavy atom. The number of amides is 1. The fourth-order valence-electron chi connectivity index (χ4n) is 3.41. The van der Waals surface area contributed by atoms with Crippen LogP contribution < -0.4 is 9.47 Å². The second-order valence-corrected chi connectivity index (χ2v) is 7.32. The summed E-state index contributed by atoms with van der Waals surface area (Å²) in [7, 11) is 1.59. The summed E-state index contributed by atoms with van der Waals surface area (Å²) in [5.74, 6) is -0.410. The predicted molar refractivity (Wildman–Crippen MR) is 96.7 cm³/mol. The lowest BCUT2D eigenvalue weighted by Gasteiger charge is -2.25. The molecule has 1 amide bonds. The monoisotopic (exact) mass is 361 g/mol. The average Bonchev–Trinajstić information content (AvgIpc) is 3.35. The number of carbonyl (C=O) groups is 2. The average molecular weight is 361 g/mol. The van der Waals surface area contributed by atoms with Crippen molar-refractivity contribution in [1.29, 1.82) is 0 Å². The first kappa shape index (κ1) is 18.5. The van der Waals surface area contributed by atoms with Crippen LogP contribution in [0.25, 0.3) is 0 Å². The number of nitrogens with zero attached hydrogens (tertiary/aromatic N) is 1.